The molecular weight excluding hydrogens is 308 g/mol. The normalized spacial score (nSPS) is 22.8. The summed E-state index contributed by atoms with van der Waals surface area (Å²) >= 11 is 3.42. The van der Waals surface area contributed by atoms with Gasteiger partial charge < -0.3 is 16.2 Å². The molecule has 1 heterocycles. The van der Waals surface area contributed by atoms with Crippen LogP contribution in [0.25, 0.3) is 10.9 Å². The maximum absolute atomic E-state index is 9.89. The molecule has 4 N–H and O–H groups in total. The molecule has 19 heavy (non-hydrogen) atoms. The highest BCUT2D eigenvalue weighted by Crippen LogP contribution is 2.28. The highest BCUT2D eigenvalue weighted by atomic mass is 79.9. The van der Waals surface area contributed by atoms with Crippen LogP contribution < -0.4 is 11.1 Å². The number of halogens is 1. The molecule has 0 saturated heterocycles. The van der Waals surface area contributed by atoms with Gasteiger partial charge in [-0.3, -0.25) is 0 Å². The number of aromatic nitrogens is 2. The summed E-state index contributed by atoms with van der Waals surface area (Å²) in [6.45, 7) is 0. The van der Waals surface area contributed by atoms with Crippen molar-refractivity contribution in [2.24, 2.45) is 0 Å². The summed E-state index contributed by atoms with van der Waals surface area (Å²) in [7, 11) is 0. The lowest BCUT2D eigenvalue weighted by Crippen LogP contribution is -2.28. The Balaban J connectivity index is 2.02. The van der Waals surface area contributed by atoms with Gasteiger partial charge in [-0.05, 0) is 37.5 Å². The number of benzene rings is 1. The fourth-order valence-electron chi connectivity index (χ4n) is 2.52. The van der Waals surface area contributed by atoms with Gasteiger partial charge >= 0.3 is 0 Å². The molecule has 100 valence electrons. The van der Waals surface area contributed by atoms with Gasteiger partial charge in [0.05, 0.1) is 17.7 Å². The zero-order valence-corrected chi connectivity index (χ0v) is 11.9. The van der Waals surface area contributed by atoms with Crippen molar-refractivity contribution < 1.29 is 5.11 Å². The van der Waals surface area contributed by atoms with E-state index >= 15 is 0 Å². The average Bonchev–Trinajstić information content (AvgIpc) is 2.74. The molecule has 0 aliphatic heterocycles. The van der Waals surface area contributed by atoms with Crippen LogP contribution in [0.5, 0.6) is 0 Å². The molecule has 0 amide bonds. The zero-order valence-electron chi connectivity index (χ0n) is 10.3. The number of rotatable bonds is 2. The minimum Gasteiger partial charge on any atom is -0.391 e. The van der Waals surface area contributed by atoms with Crippen molar-refractivity contribution in [1.29, 1.82) is 0 Å². The molecule has 5 nitrogen and oxygen atoms in total. The quantitative estimate of drug-likeness (QED) is 0.790. The molecule has 1 fully saturated rings. The molecule has 2 atom stereocenters. The molecule has 0 bridgehead atoms. The van der Waals surface area contributed by atoms with Crippen molar-refractivity contribution >= 4 is 38.6 Å². The maximum atomic E-state index is 9.89. The first kappa shape index (κ1) is 12.6. The number of nitrogen functional groups attached to an aromatic ring is 1. The van der Waals surface area contributed by atoms with Crippen LogP contribution in [0, 0.1) is 0 Å². The van der Waals surface area contributed by atoms with E-state index in [-0.39, 0.29) is 18.1 Å². The Morgan fingerprint density at radius 1 is 1.32 bits per heavy atom. The number of anilines is 2. The summed E-state index contributed by atoms with van der Waals surface area (Å²) in [5.41, 5.74) is 6.53. The summed E-state index contributed by atoms with van der Waals surface area (Å²) < 4.78 is 0.949. The van der Waals surface area contributed by atoms with E-state index in [0.29, 0.717) is 5.82 Å². The Labute approximate surface area is 119 Å². The standard InChI is InChI=1S/C13H15BrN4O/c14-7-4-5-8-10(6-7)17-13(15)18-12(8)16-9-2-1-3-11(9)19/h4-6,9,11,19H,1-3H2,(H3,15,16,17,18)/t9-,11+/m1/s1. The van der Waals surface area contributed by atoms with E-state index in [1.807, 2.05) is 18.2 Å². The van der Waals surface area contributed by atoms with Gasteiger partial charge in [0.15, 0.2) is 0 Å². The third-order valence-corrected chi connectivity index (χ3v) is 3.97. The largest absolute Gasteiger partial charge is 0.391 e. The van der Waals surface area contributed by atoms with Crippen molar-refractivity contribution in [2.45, 2.75) is 31.4 Å². The van der Waals surface area contributed by atoms with E-state index in [2.05, 4.69) is 31.2 Å². The van der Waals surface area contributed by atoms with Crippen LogP contribution in [0.3, 0.4) is 0 Å². The van der Waals surface area contributed by atoms with E-state index in [4.69, 9.17) is 5.73 Å². The molecule has 0 spiro atoms. The molecule has 0 unspecified atom stereocenters. The summed E-state index contributed by atoms with van der Waals surface area (Å²) in [6, 6.07) is 5.84. The number of nitrogens with two attached hydrogens (primary N) is 1. The maximum Gasteiger partial charge on any atom is 0.222 e. The first-order valence-corrected chi connectivity index (χ1v) is 7.10. The second kappa shape index (κ2) is 4.94. The van der Waals surface area contributed by atoms with Crippen LogP contribution >= 0.6 is 15.9 Å². The third kappa shape index (κ3) is 2.50. The topological polar surface area (TPSA) is 84.1 Å². The van der Waals surface area contributed by atoms with Gasteiger partial charge in [-0.2, -0.15) is 4.98 Å². The van der Waals surface area contributed by atoms with Gasteiger partial charge in [-0.1, -0.05) is 15.9 Å². The third-order valence-electron chi connectivity index (χ3n) is 3.48. The predicted molar refractivity (Wildman–Crippen MR) is 78.9 cm³/mol. The van der Waals surface area contributed by atoms with Crippen LogP contribution in [-0.4, -0.2) is 27.2 Å². The van der Waals surface area contributed by atoms with Crippen molar-refractivity contribution in [2.75, 3.05) is 11.1 Å². The smallest absolute Gasteiger partial charge is 0.222 e. The van der Waals surface area contributed by atoms with Crippen LogP contribution in [0.4, 0.5) is 11.8 Å². The Morgan fingerprint density at radius 3 is 2.89 bits per heavy atom. The Morgan fingerprint density at radius 2 is 2.16 bits per heavy atom. The number of nitrogens with zero attached hydrogens (tertiary/aromatic N) is 2. The second-order valence-electron chi connectivity index (χ2n) is 4.84. The summed E-state index contributed by atoms with van der Waals surface area (Å²) in [6.07, 6.45) is 2.50. The SMILES string of the molecule is Nc1nc(N[C@@H]2CCC[C@@H]2O)c2ccc(Br)cc2n1. The van der Waals surface area contributed by atoms with E-state index in [1.165, 1.54) is 0 Å². The monoisotopic (exact) mass is 322 g/mol. The van der Waals surface area contributed by atoms with Crippen LogP contribution in [0.1, 0.15) is 19.3 Å². The number of fused-ring (bicyclic) bond motifs is 1. The molecule has 1 saturated carbocycles. The number of hydrogen-bond acceptors (Lipinski definition) is 5. The molecule has 1 aromatic heterocycles. The molecule has 1 aliphatic carbocycles. The van der Waals surface area contributed by atoms with Gasteiger partial charge in [0.1, 0.15) is 5.82 Å². The van der Waals surface area contributed by atoms with E-state index in [9.17, 15) is 5.11 Å². The van der Waals surface area contributed by atoms with Crippen molar-refractivity contribution in [1.82, 2.24) is 9.97 Å². The molecule has 1 aliphatic rings. The average molecular weight is 323 g/mol. The number of hydrogen-bond donors (Lipinski definition) is 3. The van der Waals surface area contributed by atoms with E-state index < -0.39 is 0 Å². The Kier molecular flexibility index (Phi) is 3.28. The second-order valence-corrected chi connectivity index (χ2v) is 5.76. The Hall–Kier alpha value is -1.40. The lowest BCUT2D eigenvalue weighted by molar-refractivity contribution is 0.171. The minimum absolute atomic E-state index is 0.0427. The first-order valence-electron chi connectivity index (χ1n) is 6.31. The van der Waals surface area contributed by atoms with Gasteiger partial charge in [-0.25, -0.2) is 4.98 Å². The molecule has 3 rings (SSSR count). The van der Waals surface area contributed by atoms with Gasteiger partial charge in [0.2, 0.25) is 5.95 Å². The van der Waals surface area contributed by atoms with Crippen LogP contribution in [-0.2, 0) is 0 Å². The summed E-state index contributed by atoms with van der Waals surface area (Å²) in [5.74, 6) is 0.932. The fourth-order valence-corrected chi connectivity index (χ4v) is 2.86. The van der Waals surface area contributed by atoms with Crippen molar-refractivity contribution in [3.63, 3.8) is 0 Å². The van der Waals surface area contributed by atoms with E-state index in [0.717, 1.165) is 34.6 Å². The van der Waals surface area contributed by atoms with Gasteiger partial charge in [0, 0.05) is 9.86 Å². The highest BCUT2D eigenvalue weighted by molar-refractivity contribution is 9.10. The lowest BCUT2D eigenvalue weighted by Gasteiger charge is -2.18. The number of aliphatic hydroxyl groups excluding tert-OH is 1. The fraction of sp³-hybridized carbons (Fsp3) is 0.385. The zero-order chi connectivity index (χ0) is 13.4. The van der Waals surface area contributed by atoms with Gasteiger partial charge in [-0.15, -0.1) is 0 Å². The molecule has 2 aromatic rings. The van der Waals surface area contributed by atoms with E-state index in [1.54, 1.807) is 0 Å². The predicted octanol–water partition coefficient (Wildman–Crippen LogP) is 2.30. The summed E-state index contributed by atoms with van der Waals surface area (Å²) in [5, 5.41) is 14.1. The van der Waals surface area contributed by atoms with Gasteiger partial charge in [0.25, 0.3) is 0 Å². The van der Waals surface area contributed by atoms with Crippen LogP contribution in [0.15, 0.2) is 22.7 Å². The van der Waals surface area contributed by atoms with Crippen molar-refractivity contribution in [3.05, 3.63) is 22.7 Å². The number of aliphatic hydroxyl groups is 1. The summed E-state index contributed by atoms with van der Waals surface area (Å²) in [4.78, 5) is 8.48. The first-order chi connectivity index (χ1) is 9.13. The number of nitrogens with one attached hydrogen (secondary N) is 1. The molecule has 6 heteroatoms. The molecule has 1 aromatic carbocycles. The van der Waals surface area contributed by atoms with Crippen molar-refractivity contribution in [3.8, 4) is 0 Å². The molecule has 0 radical (unpaired) electrons. The lowest BCUT2D eigenvalue weighted by atomic mass is 10.2. The Bertz CT molecular complexity index is 614. The highest BCUT2D eigenvalue weighted by Gasteiger charge is 2.25. The molecular formula is C13H15BrN4O. The van der Waals surface area contributed by atoms with Crippen LogP contribution in [0.2, 0.25) is 0 Å². The minimum atomic E-state index is -0.318.